The second-order valence-corrected chi connectivity index (χ2v) is 4.79. The van der Waals surface area contributed by atoms with Crippen molar-refractivity contribution in [3.05, 3.63) is 28.7 Å². The summed E-state index contributed by atoms with van der Waals surface area (Å²) in [5.41, 5.74) is 7.15. The van der Waals surface area contributed by atoms with Crippen LogP contribution in [0.5, 0.6) is 0 Å². The Morgan fingerprint density at radius 2 is 2.38 bits per heavy atom. The average molecular weight is 282 g/mol. The number of furan rings is 1. The van der Waals surface area contributed by atoms with E-state index in [4.69, 9.17) is 10.2 Å². The Kier molecular flexibility index (Phi) is 2.37. The molecule has 2 N–H and O–H groups in total. The Balaban J connectivity index is 2.09. The van der Waals surface area contributed by atoms with E-state index in [9.17, 15) is 0 Å². The maximum atomic E-state index is 6.04. The highest BCUT2D eigenvalue weighted by Gasteiger charge is 2.22. The van der Waals surface area contributed by atoms with Gasteiger partial charge in [0.25, 0.3) is 0 Å². The van der Waals surface area contributed by atoms with Crippen molar-refractivity contribution in [1.82, 2.24) is 9.55 Å². The van der Waals surface area contributed by atoms with Crippen LogP contribution in [0.15, 0.2) is 27.4 Å². The summed E-state index contributed by atoms with van der Waals surface area (Å²) in [5, 5.41) is 0. The highest BCUT2D eigenvalue weighted by molar-refractivity contribution is 9.10. The van der Waals surface area contributed by atoms with Crippen LogP contribution in [0.25, 0.3) is 11.6 Å². The van der Waals surface area contributed by atoms with Gasteiger partial charge in [0.2, 0.25) is 0 Å². The summed E-state index contributed by atoms with van der Waals surface area (Å²) in [7, 11) is 0. The summed E-state index contributed by atoms with van der Waals surface area (Å²) >= 11 is 3.30. The molecular formula is C11H12BrN3O. The van der Waals surface area contributed by atoms with Crippen LogP contribution < -0.4 is 5.73 Å². The first kappa shape index (κ1) is 10.1. The maximum absolute atomic E-state index is 6.04. The molecule has 1 aliphatic rings. The first-order valence-electron chi connectivity index (χ1n) is 5.32. The number of imidazole rings is 1. The molecule has 3 heterocycles. The van der Waals surface area contributed by atoms with Crippen LogP contribution in [0.1, 0.15) is 24.6 Å². The van der Waals surface area contributed by atoms with Crippen molar-refractivity contribution in [3.63, 3.8) is 0 Å². The molecule has 16 heavy (non-hydrogen) atoms. The van der Waals surface area contributed by atoms with E-state index in [1.165, 1.54) is 0 Å². The van der Waals surface area contributed by atoms with E-state index in [1.54, 1.807) is 0 Å². The molecule has 1 aliphatic heterocycles. The fraction of sp³-hybridized carbons (Fsp3) is 0.364. The second kappa shape index (κ2) is 3.75. The molecule has 0 saturated carbocycles. The number of fused-ring (bicyclic) bond motifs is 1. The van der Waals surface area contributed by atoms with Crippen LogP contribution in [0.3, 0.4) is 0 Å². The van der Waals surface area contributed by atoms with Crippen molar-refractivity contribution in [2.24, 2.45) is 5.73 Å². The molecule has 0 fully saturated rings. The van der Waals surface area contributed by atoms with Gasteiger partial charge in [-0.3, -0.25) is 0 Å². The molecule has 4 nitrogen and oxygen atoms in total. The lowest BCUT2D eigenvalue weighted by atomic mass is 10.1. The highest BCUT2D eigenvalue weighted by atomic mass is 79.9. The monoisotopic (exact) mass is 281 g/mol. The van der Waals surface area contributed by atoms with Gasteiger partial charge in [-0.2, -0.15) is 0 Å². The molecule has 0 spiro atoms. The van der Waals surface area contributed by atoms with Gasteiger partial charge >= 0.3 is 0 Å². The number of nitrogens with zero attached hydrogens (tertiary/aromatic N) is 2. The average Bonchev–Trinajstić information content (AvgIpc) is 2.84. The van der Waals surface area contributed by atoms with Gasteiger partial charge < -0.3 is 14.7 Å². The summed E-state index contributed by atoms with van der Waals surface area (Å²) < 4.78 is 8.40. The Bertz CT molecular complexity index is 517. The fourth-order valence-corrected chi connectivity index (χ4v) is 2.47. The Morgan fingerprint density at radius 3 is 3.12 bits per heavy atom. The molecule has 0 radical (unpaired) electrons. The largest absolute Gasteiger partial charge is 0.446 e. The van der Waals surface area contributed by atoms with Crippen LogP contribution in [-0.2, 0) is 6.54 Å². The van der Waals surface area contributed by atoms with Crippen molar-refractivity contribution in [2.45, 2.75) is 25.4 Å². The quantitative estimate of drug-likeness (QED) is 0.874. The van der Waals surface area contributed by atoms with Crippen molar-refractivity contribution < 1.29 is 4.42 Å². The minimum absolute atomic E-state index is 0.105. The topological polar surface area (TPSA) is 57.0 Å². The van der Waals surface area contributed by atoms with E-state index in [2.05, 4.69) is 25.5 Å². The van der Waals surface area contributed by atoms with Gasteiger partial charge in [0.1, 0.15) is 0 Å². The number of aromatic nitrogens is 2. The minimum Gasteiger partial charge on any atom is -0.446 e. The molecular weight excluding hydrogens is 270 g/mol. The third-order valence-electron chi connectivity index (χ3n) is 2.96. The lowest BCUT2D eigenvalue weighted by molar-refractivity contribution is 0.459. The molecule has 0 aromatic carbocycles. The lowest BCUT2D eigenvalue weighted by Crippen LogP contribution is -2.21. The van der Waals surface area contributed by atoms with Crippen molar-refractivity contribution in [2.75, 3.05) is 0 Å². The number of halogens is 1. The van der Waals surface area contributed by atoms with Gasteiger partial charge in [-0.25, -0.2) is 4.98 Å². The van der Waals surface area contributed by atoms with Gasteiger partial charge in [0.15, 0.2) is 16.3 Å². The maximum Gasteiger partial charge on any atom is 0.176 e. The van der Waals surface area contributed by atoms with E-state index in [-0.39, 0.29) is 6.04 Å². The first-order valence-corrected chi connectivity index (χ1v) is 6.12. The Hall–Kier alpha value is -1.07. The Morgan fingerprint density at radius 1 is 1.50 bits per heavy atom. The zero-order chi connectivity index (χ0) is 11.1. The highest BCUT2D eigenvalue weighted by Crippen LogP contribution is 2.30. The molecule has 5 heteroatoms. The summed E-state index contributed by atoms with van der Waals surface area (Å²) in [6.07, 6.45) is 3.99. The lowest BCUT2D eigenvalue weighted by Gasteiger charge is -2.21. The molecule has 2 aromatic heterocycles. The van der Waals surface area contributed by atoms with E-state index < -0.39 is 0 Å². The predicted molar refractivity (Wildman–Crippen MR) is 63.8 cm³/mol. The van der Waals surface area contributed by atoms with E-state index in [1.807, 2.05) is 18.3 Å². The van der Waals surface area contributed by atoms with Crippen LogP contribution in [-0.4, -0.2) is 9.55 Å². The molecule has 1 unspecified atom stereocenters. The van der Waals surface area contributed by atoms with E-state index >= 15 is 0 Å². The van der Waals surface area contributed by atoms with Crippen LogP contribution >= 0.6 is 15.9 Å². The molecule has 1 atom stereocenters. The molecule has 0 saturated heterocycles. The number of nitrogens with two attached hydrogens (primary N) is 1. The fourth-order valence-electron chi connectivity index (χ4n) is 2.17. The third kappa shape index (κ3) is 1.51. The minimum atomic E-state index is 0.105. The van der Waals surface area contributed by atoms with Crippen LogP contribution in [0.2, 0.25) is 0 Å². The van der Waals surface area contributed by atoms with Crippen molar-refractivity contribution >= 4 is 15.9 Å². The molecule has 2 aromatic rings. The molecule has 3 rings (SSSR count). The van der Waals surface area contributed by atoms with E-state index in [0.717, 1.165) is 41.3 Å². The number of hydrogen-bond donors (Lipinski definition) is 1. The zero-order valence-corrected chi connectivity index (χ0v) is 10.3. The standard InChI is InChI=1S/C11H12BrN3O/c12-10-4-3-9(16-10)11-14-6-8-7(13)2-1-5-15(8)11/h3-4,6-7H,1-2,5,13H2. The third-order valence-corrected chi connectivity index (χ3v) is 3.38. The molecule has 0 aliphatic carbocycles. The SMILES string of the molecule is NC1CCCn2c1cnc2-c1ccc(Br)o1. The van der Waals surface area contributed by atoms with Gasteiger partial charge in [0.05, 0.1) is 11.9 Å². The van der Waals surface area contributed by atoms with E-state index in [0.29, 0.717) is 0 Å². The second-order valence-electron chi connectivity index (χ2n) is 4.01. The normalized spacial score (nSPS) is 19.8. The van der Waals surface area contributed by atoms with Gasteiger partial charge in [-0.15, -0.1) is 0 Å². The van der Waals surface area contributed by atoms with Crippen LogP contribution in [0.4, 0.5) is 0 Å². The summed E-state index contributed by atoms with van der Waals surface area (Å²) in [6.45, 7) is 0.969. The van der Waals surface area contributed by atoms with Crippen LogP contribution in [0, 0.1) is 0 Å². The Labute approximate surface area is 102 Å². The van der Waals surface area contributed by atoms with Gasteiger partial charge in [0, 0.05) is 12.6 Å². The summed E-state index contributed by atoms with van der Waals surface area (Å²) in [4.78, 5) is 4.40. The molecule has 84 valence electrons. The van der Waals surface area contributed by atoms with Crippen molar-refractivity contribution in [3.8, 4) is 11.6 Å². The van der Waals surface area contributed by atoms with Crippen molar-refractivity contribution in [1.29, 1.82) is 0 Å². The summed E-state index contributed by atoms with van der Waals surface area (Å²) in [5.74, 6) is 1.66. The smallest absolute Gasteiger partial charge is 0.176 e. The molecule has 0 amide bonds. The first-order chi connectivity index (χ1) is 7.75. The number of hydrogen-bond acceptors (Lipinski definition) is 3. The predicted octanol–water partition coefficient (Wildman–Crippen LogP) is 2.70. The van der Waals surface area contributed by atoms with Gasteiger partial charge in [-0.1, -0.05) is 0 Å². The number of rotatable bonds is 1. The zero-order valence-electron chi connectivity index (χ0n) is 8.69. The molecule has 0 bridgehead atoms. The summed E-state index contributed by atoms with van der Waals surface area (Å²) in [6, 6.07) is 3.90. The van der Waals surface area contributed by atoms with Gasteiger partial charge in [-0.05, 0) is 40.9 Å².